The number of aliphatic hydroxyl groups is 1. The molecule has 1 aliphatic heterocycles. The summed E-state index contributed by atoms with van der Waals surface area (Å²) >= 11 is 0. The third-order valence-corrected chi connectivity index (χ3v) is 1.91. The second-order valence-corrected chi connectivity index (χ2v) is 3.06. The van der Waals surface area contributed by atoms with E-state index >= 15 is 0 Å². The Hall–Kier alpha value is -1.57. The van der Waals surface area contributed by atoms with E-state index in [1.165, 1.54) is 6.08 Å². The molecule has 1 heterocycles. The second-order valence-electron chi connectivity index (χ2n) is 3.06. The van der Waals surface area contributed by atoms with Crippen LogP contribution in [0.15, 0.2) is 12.2 Å². The van der Waals surface area contributed by atoms with Gasteiger partial charge >= 0.3 is 12.1 Å². The molecule has 0 aromatic heterocycles. The van der Waals surface area contributed by atoms with Gasteiger partial charge in [-0.25, -0.2) is 0 Å². The van der Waals surface area contributed by atoms with Crippen molar-refractivity contribution in [2.24, 2.45) is 0 Å². The van der Waals surface area contributed by atoms with Crippen molar-refractivity contribution in [1.29, 1.82) is 0 Å². The smallest absolute Gasteiger partial charge is 0.370 e. The molecule has 2 amide bonds. The van der Waals surface area contributed by atoms with E-state index in [1.54, 1.807) is 5.32 Å². The van der Waals surface area contributed by atoms with Gasteiger partial charge in [-0.05, 0) is 6.08 Å². The van der Waals surface area contributed by atoms with Crippen molar-refractivity contribution in [1.82, 2.24) is 10.2 Å². The molecule has 16 heavy (non-hydrogen) atoms. The molecule has 2 N–H and O–H groups in total. The third-order valence-electron chi connectivity index (χ3n) is 1.91. The van der Waals surface area contributed by atoms with Crippen molar-refractivity contribution in [3.63, 3.8) is 0 Å². The number of aliphatic hydroxyl groups excluding tert-OH is 1. The van der Waals surface area contributed by atoms with Crippen LogP contribution in [0, 0.1) is 0 Å². The predicted molar refractivity (Wildman–Crippen MR) is 45.9 cm³/mol. The molecule has 8 heteroatoms. The van der Waals surface area contributed by atoms with Crippen molar-refractivity contribution in [2.45, 2.75) is 12.4 Å². The highest BCUT2D eigenvalue weighted by Gasteiger charge is 2.38. The first kappa shape index (κ1) is 12.5. The van der Waals surface area contributed by atoms with Crippen molar-refractivity contribution in [3.8, 4) is 0 Å². The number of carbonyl (C=O) groups is 2. The predicted octanol–water partition coefficient (Wildman–Crippen LogP) is -0.618. The van der Waals surface area contributed by atoms with Crippen molar-refractivity contribution in [2.75, 3.05) is 13.1 Å². The Morgan fingerprint density at radius 2 is 2.19 bits per heavy atom. The molecule has 1 aliphatic rings. The van der Waals surface area contributed by atoms with Gasteiger partial charge in [-0.2, -0.15) is 13.2 Å². The Balaban J connectivity index is 2.32. The highest BCUT2D eigenvalue weighted by Crippen LogP contribution is 2.14. The van der Waals surface area contributed by atoms with E-state index < -0.39 is 24.2 Å². The summed E-state index contributed by atoms with van der Waals surface area (Å²) < 4.78 is 35.2. The molecule has 0 saturated heterocycles. The lowest BCUT2D eigenvalue weighted by Crippen LogP contribution is -2.43. The largest absolute Gasteiger partial charge is 0.471 e. The number of nitrogens with one attached hydrogen (secondary N) is 1. The summed E-state index contributed by atoms with van der Waals surface area (Å²) in [5.74, 6) is -2.57. The fourth-order valence-electron chi connectivity index (χ4n) is 1.13. The first-order valence-corrected chi connectivity index (χ1v) is 4.34. The van der Waals surface area contributed by atoms with E-state index in [4.69, 9.17) is 5.11 Å². The van der Waals surface area contributed by atoms with Gasteiger partial charge in [0.25, 0.3) is 0 Å². The number of carbonyl (C=O) groups excluding carboxylic acids is 2. The molecule has 0 aliphatic carbocycles. The number of hydrogen-bond acceptors (Lipinski definition) is 3. The lowest BCUT2D eigenvalue weighted by atomic mass is 10.4. The summed E-state index contributed by atoms with van der Waals surface area (Å²) in [5, 5.41) is 10.8. The van der Waals surface area contributed by atoms with Crippen LogP contribution in [0.3, 0.4) is 0 Å². The Kier molecular flexibility index (Phi) is 3.53. The molecule has 0 radical (unpaired) electrons. The maximum absolute atomic E-state index is 11.7. The van der Waals surface area contributed by atoms with E-state index in [0.29, 0.717) is 0 Å². The van der Waals surface area contributed by atoms with Crippen LogP contribution >= 0.6 is 0 Å². The van der Waals surface area contributed by atoms with Crippen LogP contribution in [0.25, 0.3) is 0 Å². The number of nitrogens with zero attached hydrogens (tertiary/aromatic N) is 1. The minimum atomic E-state index is -4.94. The average molecular weight is 238 g/mol. The van der Waals surface area contributed by atoms with Crippen LogP contribution in [0.2, 0.25) is 0 Å². The molecule has 0 saturated carbocycles. The Labute approximate surface area is 88.5 Å². The number of hydrogen-bond donors (Lipinski definition) is 2. The summed E-state index contributed by atoms with van der Waals surface area (Å²) in [6, 6.07) is 0. The molecule has 1 rings (SSSR count). The summed E-state index contributed by atoms with van der Waals surface area (Å²) in [5.41, 5.74) is 0. The highest BCUT2D eigenvalue weighted by molar-refractivity contribution is 5.90. The van der Waals surface area contributed by atoms with Gasteiger partial charge in [-0.15, -0.1) is 0 Å². The van der Waals surface area contributed by atoms with Crippen molar-refractivity contribution < 1.29 is 27.9 Å². The molecule has 1 unspecified atom stereocenters. The summed E-state index contributed by atoms with van der Waals surface area (Å²) in [6.07, 6.45) is -3.77. The zero-order valence-corrected chi connectivity index (χ0v) is 7.99. The van der Waals surface area contributed by atoms with E-state index in [1.807, 2.05) is 0 Å². The van der Waals surface area contributed by atoms with Gasteiger partial charge in [0.2, 0.25) is 5.91 Å². The van der Waals surface area contributed by atoms with E-state index in [9.17, 15) is 22.8 Å². The van der Waals surface area contributed by atoms with Gasteiger partial charge in [0, 0.05) is 19.2 Å². The molecule has 1 atom stereocenters. The molecular weight excluding hydrogens is 229 g/mol. The topological polar surface area (TPSA) is 69.6 Å². The Bertz CT molecular complexity index is 327. The molecule has 0 aromatic carbocycles. The molecule has 0 bridgehead atoms. The summed E-state index contributed by atoms with van der Waals surface area (Å²) in [4.78, 5) is 22.3. The number of rotatable bonds is 3. The first-order chi connectivity index (χ1) is 7.32. The van der Waals surface area contributed by atoms with Crippen LogP contribution in [0.5, 0.6) is 0 Å². The fraction of sp³-hybridized carbons (Fsp3) is 0.500. The van der Waals surface area contributed by atoms with Gasteiger partial charge in [0.1, 0.15) is 6.23 Å². The van der Waals surface area contributed by atoms with Gasteiger partial charge in [-0.1, -0.05) is 0 Å². The SMILES string of the molecule is O=C1C=CC(O)N1CCNC(=O)C(F)(F)F. The van der Waals surface area contributed by atoms with Gasteiger partial charge in [0.05, 0.1) is 0 Å². The van der Waals surface area contributed by atoms with Crippen LogP contribution in [-0.4, -0.2) is 47.3 Å². The minimum absolute atomic E-state index is 0.186. The molecular formula is C8H9F3N2O3. The van der Waals surface area contributed by atoms with E-state index in [0.717, 1.165) is 11.0 Å². The minimum Gasteiger partial charge on any atom is -0.370 e. The molecule has 0 aromatic rings. The normalized spacial score (nSPS) is 20.4. The molecule has 90 valence electrons. The fourth-order valence-corrected chi connectivity index (χ4v) is 1.13. The molecule has 5 nitrogen and oxygen atoms in total. The number of halogens is 3. The second kappa shape index (κ2) is 4.52. The number of alkyl halides is 3. The quantitative estimate of drug-likeness (QED) is 0.688. The van der Waals surface area contributed by atoms with Gasteiger partial charge < -0.3 is 15.3 Å². The van der Waals surface area contributed by atoms with Crippen molar-refractivity contribution in [3.05, 3.63) is 12.2 Å². The maximum Gasteiger partial charge on any atom is 0.471 e. The Morgan fingerprint density at radius 1 is 1.56 bits per heavy atom. The number of amides is 2. The lowest BCUT2D eigenvalue weighted by Gasteiger charge is -2.20. The molecule has 0 fully saturated rings. The van der Waals surface area contributed by atoms with E-state index in [2.05, 4.69) is 0 Å². The average Bonchev–Trinajstić information content (AvgIpc) is 2.47. The van der Waals surface area contributed by atoms with Crippen LogP contribution in [0.1, 0.15) is 0 Å². The standard InChI is InChI=1S/C8H9F3N2O3/c9-8(10,11)7(16)12-3-4-13-5(14)1-2-6(13)15/h1-2,5,14H,3-4H2,(H,12,16). The van der Waals surface area contributed by atoms with Gasteiger partial charge in [0.15, 0.2) is 0 Å². The zero-order chi connectivity index (χ0) is 12.3. The Morgan fingerprint density at radius 3 is 2.62 bits per heavy atom. The van der Waals surface area contributed by atoms with Gasteiger partial charge in [-0.3, -0.25) is 9.59 Å². The summed E-state index contributed by atoms with van der Waals surface area (Å²) in [7, 11) is 0. The first-order valence-electron chi connectivity index (χ1n) is 4.34. The monoisotopic (exact) mass is 238 g/mol. The van der Waals surface area contributed by atoms with Crippen LogP contribution < -0.4 is 5.32 Å². The molecule has 0 spiro atoms. The van der Waals surface area contributed by atoms with Crippen LogP contribution in [-0.2, 0) is 9.59 Å². The van der Waals surface area contributed by atoms with E-state index in [-0.39, 0.29) is 13.1 Å². The summed E-state index contributed by atoms with van der Waals surface area (Å²) in [6.45, 7) is -0.558. The lowest BCUT2D eigenvalue weighted by molar-refractivity contribution is -0.173. The third kappa shape index (κ3) is 2.96. The highest BCUT2D eigenvalue weighted by atomic mass is 19.4. The van der Waals surface area contributed by atoms with Crippen LogP contribution in [0.4, 0.5) is 13.2 Å². The van der Waals surface area contributed by atoms with Crippen molar-refractivity contribution >= 4 is 11.8 Å². The maximum atomic E-state index is 11.7. The zero-order valence-electron chi connectivity index (χ0n) is 7.99.